The van der Waals surface area contributed by atoms with E-state index in [2.05, 4.69) is 91.2 Å². The van der Waals surface area contributed by atoms with Crippen molar-refractivity contribution in [3.8, 4) is 17.1 Å². The molecule has 0 amide bonds. The van der Waals surface area contributed by atoms with Crippen molar-refractivity contribution in [3.63, 3.8) is 0 Å². The molecule has 0 bridgehead atoms. The highest BCUT2D eigenvalue weighted by atomic mass is 16.4. The Morgan fingerprint density at radius 2 is 1.46 bits per heavy atom. The maximum atomic E-state index is 6.35. The minimum absolute atomic E-state index is 0.174. The molecule has 0 aliphatic heterocycles. The van der Waals surface area contributed by atoms with Gasteiger partial charge in [-0.3, -0.25) is 4.57 Å². The van der Waals surface area contributed by atoms with E-state index >= 15 is 0 Å². The SMILES string of the molecule is CC1(C)c2cc3ccccc3cc2-c2ccc3c4ccccc4n(-c4nc5ccccc5o4)c3c21. The summed E-state index contributed by atoms with van der Waals surface area (Å²) in [7, 11) is 0. The van der Waals surface area contributed by atoms with E-state index in [-0.39, 0.29) is 5.41 Å². The third-order valence-corrected chi connectivity index (χ3v) is 7.78. The molecule has 0 saturated heterocycles. The van der Waals surface area contributed by atoms with Crippen LogP contribution < -0.4 is 0 Å². The normalized spacial score (nSPS) is 14.2. The third-order valence-electron chi connectivity index (χ3n) is 7.78. The molecule has 0 N–H and O–H groups in total. The van der Waals surface area contributed by atoms with E-state index in [9.17, 15) is 0 Å². The monoisotopic (exact) mass is 450 g/mol. The Bertz CT molecular complexity index is 1950. The summed E-state index contributed by atoms with van der Waals surface area (Å²) >= 11 is 0. The molecule has 1 aliphatic rings. The highest BCUT2D eigenvalue weighted by Gasteiger charge is 2.39. The van der Waals surface area contributed by atoms with Crippen LogP contribution in [0.1, 0.15) is 25.0 Å². The van der Waals surface area contributed by atoms with Crippen LogP contribution in [0.5, 0.6) is 0 Å². The lowest BCUT2D eigenvalue weighted by Crippen LogP contribution is -2.16. The Morgan fingerprint density at radius 1 is 0.714 bits per heavy atom. The summed E-state index contributed by atoms with van der Waals surface area (Å²) in [5, 5.41) is 4.99. The van der Waals surface area contributed by atoms with E-state index in [1.54, 1.807) is 0 Å². The predicted molar refractivity (Wildman–Crippen MR) is 143 cm³/mol. The van der Waals surface area contributed by atoms with E-state index in [0.717, 1.165) is 16.6 Å². The number of nitrogens with zero attached hydrogens (tertiary/aromatic N) is 2. The molecule has 0 radical (unpaired) electrons. The van der Waals surface area contributed by atoms with Crippen molar-refractivity contribution in [1.29, 1.82) is 0 Å². The minimum atomic E-state index is -0.174. The summed E-state index contributed by atoms with van der Waals surface area (Å²) in [6, 6.07) is 35.1. The molecule has 8 rings (SSSR count). The Balaban J connectivity index is 1.55. The molecular formula is C32H22N2O. The van der Waals surface area contributed by atoms with Crippen molar-refractivity contribution in [2.24, 2.45) is 0 Å². The van der Waals surface area contributed by atoms with Crippen LogP contribution in [0.25, 0.3) is 60.8 Å². The summed E-state index contributed by atoms with van der Waals surface area (Å²) in [5.74, 6) is 0. The average Bonchev–Trinajstić information content (AvgIpc) is 3.51. The predicted octanol–water partition coefficient (Wildman–Crippen LogP) is 8.38. The van der Waals surface area contributed by atoms with Crippen molar-refractivity contribution in [1.82, 2.24) is 9.55 Å². The molecule has 0 fully saturated rings. The number of aromatic nitrogens is 2. The van der Waals surface area contributed by atoms with E-state index in [4.69, 9.17) is 9.40 Å². The van der Waals surface area contributed by atoms with Crippen LogP contribution in [-0.4, -0.2) is 9.55 Å². The van der Waals surface area contributed by atoms with Gasteiger partial charge in [0.15, 0.2) is 5.58 Å². The van der Waals surface area contributed by atoms with Gasteiger partial charge in [-0.05, 0) is 63.4 Å². The maximum absolute atomic E-state index is 6.35. The van der Waals surface area contributed by atoms with E-state index in [1.807, 2.05) is 24.3 Å². The topological polar surface area (TPSA) is 31.0 Å². The molecule has 7 aromatic rings. The van der Waals surface area contributed by atoms with Gasteiger partial charge in [0.05, 0.1) is 11.0 Å². The number of benzene rings is 5. The van der Waals surface area contributed by atoms with Gasteiger partial charge in [-0.15, -0.1) is 0 Å². The molecule has 0 atom stereocenters. The molecule has 0 saturated carbocycles. The fourth-order valence-corrected chi connectivity index (χ4v) is 6.18. The molecule has 35 heavy (non-hydrogen) atoms. The molecule has 3 nitrogen and oxygen atoms in total. The Kier molecular flexibility index (Phi) is 3.47. The lowest BCUT2D eigenvalue weighted by molar-refractivity contribution is 0.572. The zero-order valence-corrected chi connectivity index (χ0v) is 19.5. The first-order chi connectivity index (χ1) is 17.1. The van der Waals surface area contributed by atoms with Crippen LogP contribution in [0.4, 0.5) is 0 Å². The van der Waals surface area contributed by atoms with Gasteiger partial charge in [0.1, 0.15) is 5.52 Å². The van der Waals surface area contributed by atoms with Crippen LogP contribution in [0.3, 0.4) is 0 Å². The fraction of sp³-hybridized carbons (Fsp3) is 0.0938. The molecule has 1 aliphatic carbocycles. The van der Waals surface area contributed by atoms with Crippen LogP contribution in [0.2, 0.25) is 0 Å². The molecule has 0 spiro atoms. The van der Waals surface area contributed by atoms with E-state index in [1.165, 1.54) is 49.3 Å². The van der Waals surface area contributed by atoms with Crippen molar-refractivity contribution >= 4 is 43.7 Å². The molecular weight excluding hydrogens is 428 g/mol. The first-order valence-electron chi connectivity index (χ1n) is 12.1. The summed E-state index contributed by atoms with van der Waals surface area (Å²) in [4.78, 5) is 4.92. The second-order valence-electron chi connectivity index (χ2n) is 10.1. The quantitative estimate of drug-likeness (QED) is 0.251. The summed E-state index contributed by atoms with van der Waals surface area (Å²) in [5.41, 5.74) is 9.10. The van der Waals surface area contributed by atoms with E-state index in [0.29, 0.717) is 6.01 Å². The lowest BCUT2D eigenvalue weighted by atomic mass is 9.81. The van der Waals surface area contributed by atoms with Crippen molar-refractivity contribution in [3.05, 3.63) is 108 Å². The van der Waals surface area contributed by atoms with Crippen LogP contribution in [0, 0.1) is 0 Å². The van der Waals surface area contributed by atoms with Gasteiger partial charge < -0.3 is 4.42 Å². The lowest BCUT2D eigenvalue weighted by Gasteiger charge is -2.23. The molecule has 2 aromatic heterocycles. The van der Waals surface area contributed by atoms with Gasteiger partial charge in [0.2, 0.25) is 0 Å². The zero-order chi connectivity index (χ0) is 23.3. The summed E-state index contributed by atoms with van der Waals surface area (Å²) in [6.07, 6.45) is 0. The number of fused-ring (bicyclic) bond motifs is 9. The van der Waals surface area contributed by atoms with Gasteiger partial charge in [-0.1, -0.05) is 80.6 Å². The molecule has 2 heterocycles. The van der Waals surface area contributed by atoms with Crippen LogP contribution in [-0.2, 0) is 5.41 Å². The number of rotatable bonds is 1. The van der Waals surface area contributed by atoms with Crippen LogP contribution >= 0.6 is 0 Å². The van der Waals surface area contributed by atoms with E-state index < -0.39 is 0 Å². The molecule has 166 valence electrons. The molecule has 0 unspecified atom stereocenters. The van der Waals surface area contributed by atoms with Crippen molar-refractivity contribution < 1.29 is 4.42 Å². The second kappa shape index (κ2) is 6.39. The van der Waals surface area contributed by atoms with Crippen molar-refractivity contribution in [2.45, 2.75) is 19.3 Å². The second-order valence-corrected chi connectivity index (χ2v) is 10.1. The fourth-order valence-electron chi connectivity index (χ4n) is 6.18. The molecule has 3 heteroatoms. The third kappa shape index (κ3) is 2.37. The Labute approximate surface area is 202 Å². The van der Waals surface area contributed by atoms with Gasteiger partial charge in [0.25, 0.3) is 0 Å². The average molecular weight is 451 g/mol. The highest BCUT2D eigenvalue weighted by molar-refractivity contribution is 6.13. The number of hydrogen-bond acceptors (Lipinski definition) is 2. The summed E-state index contributed by atoms with van der Waals surface area (Å²) < 4.78 is 8.58. The number of para-hydroxylation sites is 3. The molecule has 5 aromatic carbocycles. The zero-order valence-electron chi connectivity index (χ0n) is 19.5. The number of oxazole rings is 1. The first-order valence-corrected chi connectivity index (χ1v) is 12.1. The Morgan fingerprint density at radius 3 is 2.31 bits per heavy atom. The van der Waals surface area contributed by atoms with Gasteiger partial charge in [-0.2, -0.15) is 4.98 Å². The van der Waals surface area contributed by atoms with Gasteiger partial charge in [-0.25, -0.2) is 0 Å². The standard InChI is InChI=1S/C32H22N2O/c1-32(2)25-18-20-10-4-3-9-19(20)17-24(25)22-15-16-23-21-11-5-7-13-27(21)34(30(23)29(22)32)31-33-26-12-6-8-14-28(26)35-31/h3-18H,1-2H3. The smallest absolute Gasteiger partial charge is 0.307 e. The van der Waals surface area contributed by atoms with Crippen LogP contribution in [0.15, 0.2) is 101 Å². The van der Waals surface area contributed by atoms with Gasteiger partial charge >= 0.3 is 6.01 Å². The minimum Gasteiger partial charge on any atom is -0.423 e. The number of hydrogen-bond donors (Lipinski definition) is 0. The largest absolute Gasteiger partial charge is 0.423 e. The highest BCUT2D eigenvalue weighted by Crippen LogP contribution is 2.53. The Hall–Kier alpha value is -4.37. The maximum Gasteiger partial charge on any atom is 0.307 e. The van der Waals surface area contributed by atoms with Gasteiger partial charge in [0, 0.05) is 16.2 Å². The summed E-state index contributed by atoms with van der Waals surface area (Å²) in [6.45, 7) is 4.69. The van der Waals surface area contributed by atoms with Crippen molar-refractivity contribution in [2.75, 3.05) is 0 Å². The first kappa shape index (κ1) is 19.0.